The minimum Gasteiger partial charge on any atom is -0.383 e. The second-order valence-corrected chi connectivity index (χ2v) is 6.38. The lowest BCUT2D eigenvalue weighted by molar-refractivity contribution is 0.0857. The molecule has 1 fully saturated rings. The first-order valence-corrected chi connectivity index (χ1v) is 7.49. The number of halogens is 1. The van der Waals surface area contributed by atoms with Gasteiger partial charge in [0.1, 0.15) is 5.69 Å². The van der Waals surface area contributed by atoms with E-state index in [1.54, 1.807) is 7.11 Å². The van der Waals surface area contributed by atoms with Crippen molar-refractivity contribution < 1.29 is 9.53 Å². The predicted molar refractivity (Wildman–Crippen MR) is 78.4 cm³/mol. The van der Waals surface area contributed by atoms with Crippen molar-refractivity contribution in [3.05, 3.63) is 22.4 Å². The molecule has 1 amide bonds. The van der Waals surface area contributed by atoms with E-state index in [2.05, 4.69) is 39.7 Å². The van der Waals surface area contributed by atoms with E-state index in [1.807, 2.05) is 12.3 Å². The molecule has 0 saturated heterocycles. The first kappa shape index (κ1) is 14.6. The zero-order valence-electron chi connectivity index (χ0n) is 11.6. The summed E-state index contributed by atoms with van der Waals surface area (Å²) in [6.45, 7) is 4.70. The maximum absolute atomic E-state index is 12.4. The Hall–Kier alpha value is -0.810. The summed E-state index contributed by atoms with van der Waals surface area (Å²) in [5.74, 6) is 0.324. The summed E-state index contributed by atoms with van der Waals surface area (Å²) in [4.78, 5) is 12.4. The fraction of sp³-hybridized carbons (Fsp3) is 0.643. The average Bonchev–Trinajstić information content (AvgIpc) is 3.11. The van der Waals surface area contributed by atoms with Crippen LogP contribution in [0.2, 0.25) is 0 Å². The van der Waals surface area contributed by atoms with Gasteiger partial charge in [-0.1, -0.05) is 13.8 Å². The Morgan fingerprint density at radius 1 is 1.58 bits per heavy atom. The van der Waals surface area contributed by atoms with Gasteiger partial charge in [0.05, 0.1) is 12.6 Å². The van der Waals surface area contributed by atoms with Crippen LogP contribution in [0.3, 0.4) is 0 Å². The number of aromatic nitrogens is 1. The third-order valence-electron chi connectivity index (χ3n) is 3.46. The molecule has 2 rings (SSSR count). The molecule has 19 heavy (non-hydrogen) atoms. The summed E-state index contributed by atoms with van der Waals surface area (Å²) in [6, 6.07) is 2.42. The number of nitrogens with one attached hydrogen (secondary N) is 1. The van der Waals surface area contributed by atoms with Crippen molar-refractivity contribution in [3.63, 3.8) is 0 Å². The Labute approximate surface area is 122 Å². The number of methoxy groups -OCH3 is 1. The average molecular weight is 329 g/mol. The highest BCUT2D eigenvalue weighted by Gasteiger charge is 2.28. The Morgan fingerprint density at radius 2 is 2.26 bits per heavy atom. The number of hydrogen-bond donors (Lipinski definition) is 1. The molecule has 0 aromatic carbocycles. The fourth-order valence-electron chi connectivity index (χ4n) is 2.11. The molecule has 1 aromatic rings. The van der Waals surface area contributed by atoms with Gasteiger partial charge in [0.25, 0.3) is 5.91 Å². The number of carbonyl (C=O) groups is 1. The van der Waals surface area contributed by atoms with E-state index in [1.165, 1.54) is 0 Å². The van der Waals surface area contributed by atoms with Crippen LogP contribution in [0.25, 0.3) is 0 Å². The molecule has 5 heteroatoms. The number of rotatable bonds is 6. The number of carbonyl (C=O) groups excluding carboxylic acids is 1. The van der Waals surface area contributed by atoms with Gasteiger partial charge < -0.3 is 14.6 Å². The highest BCUT2D eigenvalue weighted by molar-refractivity contribution is 9.10. The van der Waals surface area contributed by atoms with Crippen molar-refractivity contribution in [2.75, 3.05) is 13.7 Å². The van der Waals surface area contributed by atoms with Crippen molar-refractivity contribution in [2.24, 2.45) is 5.92 Å². The molecule has 0 spiro atoms. The first-order chi connectivity index (χ1) is 9.02. The molecule has 1 aliphatic rings. The monoisotopic (exact) mass is 328 g/mol. The van der Waals surface area contributed by atoms with Gasteiger partial charge in [-0.2, -0.15) is 0 Å². The maximum Gasteiger partial charge on any atom is 0.268 e. The highest BCUT2D eigenvalue weighted by Crippen LogP contribution is 2.37. The van der Waals surface area contributed by atoms with Crippen molar-refractivity contribution in [1.82, 2.24) is 9.88 Å². The minimum absolute atomic E-state index is 0.0200. The number of amides is 1. The van der Waals surface area contributed by atoms with Crippen molar-refractivity contribution >= 4 is 21.8 Å². The van der Waals surface area contributed by atoms with E-state index in [9.17, 15) is 4.79 Å². The summed E-state index contributed by atoms with van der Waals surface area (Å²) in [5, 5.41) is 3.06. The van der Waals surface area contributed by atoms with E-state index >= 15 is 0 Å². The van der Waals surface area contributed by atoms with Crippen molar-refractivity contribution in [1.29, 1.82) is 0 Å². The largest absolute Gasteiger partial charge is 0.383 e. The Kier molecular flexibility index (Phi) is 4.68. The van der Waals surface area contributed by atoms with Gasteiger partial charge >= 0.3 is 0 Å². The van der Waals surface area contributed by atoms with Crippen LogP contribution in [0.1, 0.15) is 43.2 Å². The van der Waals surface area contributed by atoms with Gasteiger partial charge in [-0.15, -0.1) is 0 Å². The fourth-order valence-corrected chi connectivity index (χ4v) is 2.54. The van der Waals surface area contributed by atoms with Gasteiger partial charge in [0.2, 0.25) is 0 Å². The van der Waals surface area contributed by atoms with Crippen LogP contribution in [0, 0.1) is 5.92 Å². The molecular formula is C14H21BrN2O2. The quantitative estimate of drug-likeness (QED) is 0.872. The molecule has 106 valence electrons. The normalized spacial score (nSPS) is 16.7. The highest BCUT2D eigenvalue weighted by atomic mass is 79.9. The first-order valence-electron chi connectivity index (χ1n) is 6.70. The summed E-state index contributed by atoms with van der Waals surface area (Å²) < 4.78 is 8.20. The summed E-state index contributed by atoms with van der Waals surface area (Å²) in [7, 11) is 1.66. The minimum atomic E-state index is -0.0200. The van der Waals surface area contributed by atoms with Crippen LogP contribution in [-0.4, -0.2) is 30.2 Å². The summed E-state index contributed by atoms with van der Waals surface area (Å²) >= 11 is 3.45. The molecule has 1 unspecified atom stereocenters. The molecule has 0 bridgehead atoms. The summed E-state index contributed by atoms with van der Waals surface area (Å²) in [5.41, 5.74) is 0.733. The van der Waals surface area contributed by atoms with Crippen molar-refractivity contribution in [3.8, 4) is 0 Å². The van der Waals surface area contributed by atoms with E-state index in [4.69, 9.17) is 4.74 Å². The smallest absolute Gasteiger partial charge is 0.268 e. The molecule has 1 atom stereocenters. The predicted octanol–water partition coefficient (Wildman–Crippen LogP) is 2.99. The zero-order valence-corrected chi connectivity index (χ0v) is 13.2. The topological polar surface area (TPSA) is 43.3 Å². The Balaban J connectivity index is 2.10. The number of hydrogen-bond acceptors (Lipinski definition) is 2. The van der Waals surface area contributed by atoms with Crippen LogP contribution < -0.4 is 5.32 Å². The molecule has 1 N–H and O–H groups in total. The third-order valence-corrected chi connectivity index (χ3v) is 3.89. The molecular weight excluding hydrogens is 308 g/mol. The van der Waals surface area contributed by atoms with Gasteiger partial charge in [-0.25, -0.2) is 0 Å². The number of nitrogens with zero attached hydrogens (tertiary/aromatic N) is 1. The molecule has 4 nitrogen and oxygen atoms in total. The van der Waals surface area contributed by atoms with Crippen LogP contribution in [0.5, 0.6) is 0 Å². The molecule has 0 aliphatic heterocycles. The number of ether oxygens (including phenoxy) is 1. The van der Waals surface area contributed by atoms with E-state index in [0.717, 1.165) is 23.0 Å². The van der Waals surface area contributed by atoms with Gasteiger partial charge in [0.15, 0.2) is 0 Å². The molecule has 1 aliphatic carbocycles. The van der Waals surface area contributed by atoms with E-state index in [-0.39, 0.29) is 11.9 Å². The lowest BCUT2D eigenvalue weighted by Crippen LogP contribution is -2.42. The van der Waals surface area contributed by atoms with Crippen LogP contribution in [-0.2, 0) is 4.74 Å². The van der Waals surface area contributed by atoms with Crippen LogP contribution >= 0.6 is 15.9 Å². The molecule has 1 heterocycles. The second-order valence-electron chi connectivity index (χ2n) is 5.46. The SMILES string of the molecule is COCC(NC(=O)c1cc(Br)cn1C1CC1)C(C)C. The second kappa shape index (κ2) is 6.09. The van der Waals surface area contributed by atoms with Gasteiger partial charge in [-0.05, 0) is 40.8 Å². The molecule has 0 radical (unpaired) electrons. The third kappa shape index (κ3) is 3.60. The Bertz CT molecular complexity index is 452. The van der Waals surface area contributed by atoms with E-state index < -0.39 is 0 Å². The van der Waals surface area contributed by atoms with Gasteiger partial charge in [0, 0.05) is 23.8 Å². The van der Waals surface area contributed by atoms with Crippen LogP contribution in [0.15, 0.2) is 16.7 Å². The zero-order chi connectivity index (χ0) is 14.0. The molecule has 1 saturated carbocycles. The summed E-state index contributed by atoms with van der Waals surface area (Å²) in [6.07, 6.45) is 4.31. The maximum atomic E-state index is 12.4. The lowest BCUT2D eigenvalue weighted by atomic mass is 10.1. The van der Waals surface area contributed by atoms with Crippen molar-refractivity contribution in [2.45, 2.75) is 38.8 Å². The van der Waals surface area contributed by atoms with E-state index in [0.29, 0.717) is 18.6 Å². The van der Waals surface area contributed by atoms with Crippen LogP contribution in [0.4, 0.5) is 0 Å². The Morgan fingerprint density at radius 3 is 2.79 bits per heavy atom. The molecule has 1 aromatic heterocycles. The lowest BCUT2D eigenvalue weighted by Gasteiger charge is -2.21. The van der Waals surface area contributed by atoms with Gasteiger partial charge in [-0.3, -0.25) is 4.79 Å². The standard InChI is InChI=1S/C14H21BrN2O2/c1-9(2)12(8-19-3)16-14(18)13-6-10(15)7-17(13)11-4-5-11/h6-7,9,11-12H,4-5,8H2,1-3H3,(H,16,18).